The average Bonchev–Trinajstić information content (AvgIpc) is 2.16. The molecule has 0 aromatic heterocycles. The van der Waals surface area contributed by atoms with Gasteiger partial charge in [0.15, 0.2) is 5.78 Å². The Hall–Kier alpha value is -1.39. The number of hydrogen-bond donors (Lipinski definition) is 0. The summed E-state index contributed by atoms with van der Waals surface area (Å²) in [6.45, 7) is 1.76. The Bertz CT molecular complexity index is 395. The first-order chi connectivity index (χ1) is 7.36. The number of carbonyl (C=O) groups excluding carboxylic acids is 1. The van der Waals surface area contributed by atoms with Crippen LogP contribution in [0.4, 0.5) is 17.6 Å². The second-order valence-corrected chi connectivity index (χ2v) is 3.37. The molecule has 0 saturated carbocycles. The van der Waals surface area contributed by atoms with Crippen LogP contribution in [0.3, 0.4) is 0 Å². The first kappa shape index (κ1) is 12.7. The fourth-order valence-corrected chi connectivity index (χ4v) is 1.29. The maximum Gasteiger partial charge on any atom is 0.419 e. The summed E-state index contributed by atoms with van der Waals surface area (Å²) in [5.74, 6) is -1.76. The molecule has 88 valence electrons. The lowest BCUT2D eigenvalue weighted by atomic mass is 10.0. The van der Waals surface area contributed by atoms with Crippen molar-refractivity contribution >= 4 is 5.78 Å². The highest BCUT2D eigenvalue weighted by Crippen LogP contribution is 2.31. The van der Waals surface area contributed by atoms with Crippen LogP contribution in [-0.4, -0.2) is 5.78 Å². The molecule has 0 radical (unpaired) electrons. The zero-order valence-corrected chi connectivity index (χ0v) is 8.57. The number of Topliss-reactive ketones (excluding diaryl/α,β-unsaturated/α-hetero) is 1. The third kappa shape index (κ3) is 2.81. The number of benzene rings is 1. The van der Waals surface area contributed by atoms with E-state index in [0.29, 0.717) is 18.6 Å². The highest BCUT2D eigenvalue weighted by Gasteiger charge is 2.34. The highest BCUT2D eigenvalue weighted by atomic mass is 19.4. The Balaban J connectivity index is 3.05. The summed E-state index contributed by atoms with van der Waals surface area (Å²) in [5, 5.41) is 0. The number of alkyl halides is 3. The van der Waals surface area contributed by atoms with Gasteiger partial charge in [0.2, 0.25) is 0 Å². The molecule has 0 N–H and O–H groups in total. The van der Waals surface area contributed by atoms with Gasteiger partial charge in [-0.2, -0.15) is 13.2 Å². The van der Waals surface area contributed by atoms with Crippen molar-refractivity contribution in [1.29, 1.82) is 0 Å². The van der Waals surface area contributed by atoms with E-state index in [-0.39, 0.29) is 17.8 Å². The van der Waals surface area contributed by atoms with Crippen LogP contribution in [0, 0.1) is 5.82 Å². The molecule has 16 heavy (non-hydrogen) atoms. The van der Waals surface area contributed by atoms with Crippen LogP contribution >= 0.6 is 0 Å². The summed E-state index contributed by atoms with van der Waals surface area (Å²) < 4.78 is 49.7. The first-order valence-electron chi connectivity index (χ1n) is 4.76. The van der Waals surface area contributed by atoms with Crippen molar-refractivity contribution in [1.82, 2.24) is 0 Å². The molecule has 0 heterocycles. The fourth-order valence-electron chi connectivity index (χ4n) is 1.29. The van der Waals surface area contributed by atoms with Gasteiger partial charge in [0.25, 0.3) is 0 Å². The van der Waals surface area contributed by atoms with Gasteiger partial charge in [0.1, 0.15) is 5.82 Å². The zero-order chi connectivity index (χ0) is 12.3. The topological polar surface area (TPSA) is 17.1 Å². The van der Waals surface area contributed by atoms with E-state index in [9.17, 15) is 22.4 Å². The molecule has 0 atom stereocenters. The van der Waals surface area contributed by atoms with E-state index in [1.165, 1.54) is 0 Å². The summed E-state index contributed by atoms with van der Waals surface area (Å²) in [6, 6.07) is 2.24. The van der Waals surface area contributed by atoms with Crippen LogP contribution in [0.25, 0.3) is 0 Å². The molecular weight excluding hydrogens is 224 g/mol. The Labute approximate surface area is 90.1 Å². The van der Waals surface area contributed by atoms with Crippen molar-refractivity contribution in [3.8, 4) is 0 Å². The van der Waals surface area contributed by atoms with E-state index in [1.807, 2.05) is 0 Å². The number of ketones is 1. The van der Waals surface area contributed by atoms with Crippen molar-refractivity contribution in [2.75, 3.05) is 0 Å². The van der Waals surface area contributed by atoms with Gasteiger partial charge in [-0.3, -0.25) is 4.79 Å². The van der Waals surface area contributed by atoms with Crippen LogP contribution in [0.5, 0.6) is 0 Å². The Kier molecular flexibility index (Phi) is 3.67. The predicted octanol–water partition coefficient (Wildman–Crippen LogP) is 3.83. The van der Waals surface area contributed by atoms with E-state index in [0.717, 1.165) is 6.07 Å². The third-order valence-electron chi connectivity index (χ3n) is 2.07. The minimum absolute atomic E-state index is 0.0210. The van der Waals surface area contributed by atoms with Gasteiger partial charge >= 0.3 is 6.18 Å². The second-order valence-electron chi connectivity index (χ2n) is 3.37. The Morgan fingerprint density at radius 1 is 1.31 bits per heavy atom. The van der Waals surface area contributed by atoms with E-state index >= 15 is 0 Å². The van der Waals surface area contributed by atoms with Crippen molar-refractivity contribution in [3.05, 3.63) is 35.1 Å². The molecule has 0 bridgehead atoms. The summed E-state index contributed by atoms with van der Waals surface area (Å²) in [5.41, 5.74) is -1.37. The van der Waals surface area contributed by atoms with Gasteiger partial charge in [0.05, 0.1) is 5.56 Å². The van der Waals surface area contributed by atoms with Gasteiger partial charge < -0.3 is 0 Å². The molecule has 5 heteroatoms. The monoisotopic (exact) mass is 234 g/mol. The van der Waals surface area contributed by atoms with Crippen molar-refractivity contribution in [2.45, 2.75) is 25.9 Å². The SMILES string of the molecule is CCCC(=O)c1ccc(C(F)(F)F)c(F)c1. The van der Waals surface area contributed by atoms with Crippen molar-refractivity contribution < 1.29 is 22.4 Å². The van der Waals surface area contributed by atoms with Crippen LogP contribution in [0.2, 0.25) is 0 Å². The first-order valence-corrected chi connectivity index (χ1v) is 4.76. The van der Waals surface area contributed by atoms with Crippen LogP contribution in [0.15, 0.2) is 18.2 Å². The smallest absolute Gasteiger partial charge is 0.294 e. The number of hydrogen-bond acceptors (Lipinski definition) is 1. The summed E-state index contributed by atoms with van der Waals surface area (Å²) in [7, 11) is 0. The minimum atomic E-state index is -4.73. The molecule has 0 aliphatic heterocycles. The molecule has 1 aromatic rings. The Morgan fingerprint density at radius 3 is 2.38 bits per heavy atom. The highest BCUT2D eigenvalue weighted by molar-refractivity contribution is 5.96. The molecule has 1 nitrogen and oxygen atoms in total. The normalized spacial score (nSPS) is 11.6. The lowest BCUT2D eigenvalue weighted by molar-refractivity contribution is -0.140. The molecule has 0 saturated heterocycles. The summed E-state index contributed by atoms with van der Waals surface area (Å²) in [4.78, 5) is 11.3. The van der Waals surface area contributed by atoms with Crippen LogP contribution < -0.4 is 0 Å². The van der Waals surface area contributed by atoms with Gasteiger partial charge in [0, 0.05) is 12.0 Å². The molecule has 1 rings (SSSR count). The van der Waals surface area contributed by atoms with Crippen molar-refractivity contribution in [2.24, 2.45) is 0 Å². The summed E-state index contributed by atoms with van der Waals surface area (Å²) >= 11 is 0. The van der Waals surface area contributed by atoms with Crippen LogP contribution in [0.1, 0.15) is 35.7 Å². The number of halogens is 4. The van der Waals surface area contributed by atoms with Crippen molar-refractivity contribution in [3.63, 3.8) is 0 Å². The molecule has 0 aliphatic rings. The zero-order valence-electron chi connectivity index (χ0n) is 8.57. The van der Waals surface area contributed by atoms with Gasteiger partial charge in [-0.05, 0) is 18.6 Å². The maximum atomic E-state index is 13.1. The summed E-state index contributed by atoms with van der Waals surface area (Å²) in [6.07, 6.45) is -3.96. The minimum Gasteiger partial charge on any atom is -0.294 e. The Morgan fingerprint density at radius 2 is 1.94 bits per heavy atom. The third-order valence-corrected chi connectivity index (χ3v) is 2.07. The standard InChI is InChI=1S/C11H10F4O/c1-2-3-10(16)7-4-5-8(9(12)6-7)11(13,14)15/h4-6H,2-3H2,1H3. The quantitative estimate of drug-likeness (QED) is 0.573. The lowest BCUT2D eigenvalue weighted by Crippen LogP contribution is -2.09. The molecule has 0 aliphatic carbocycles. The maximum absolute atomic E-state index is 13.1. The molecule has 1 aromatic carbocycles. The van der Waals surface area contributed by atoms with E-state index in [4.69, 9.17) is 0 Å². The molecule has 0 unspecified atom stereocenters. The second kappa shape index (κ2) is 4.63. The average molecular weight is 234 g/mol. The largest absolute Gasteiger partial charge is 0.419 e. The van der Waals surface area contributed by atoms with E-state index in [2.05, 4.69) is 0 Å². The molecule has 0 fully saturated rings. The van der Waals surface area contributed by atoms with Gasteiger partial charge in [-0.1, -0.05) is 13.0 Å². The number of rotatable bonds is 3. The molecule has 0 spiro atoms. The van der Waals surface area contributed by atoms with Gasteiger partial charge in [-0.15, -0.1) is 0 Å². The van der Waals surface area contributed by atoms with Crippen LogP contribution in [-0.2, 0) is 6.18 Å². The lowest BCUT2D eigenvalue weighted by Gasteiger charge is -2.08. The molecular formula is C11H10F4O. The predicted molar refractivity (Wildman–Crippen MR) is 50.6 cm³/mol. The number of carbonyl (C=O) groups is 1. The van der Waals surface area contributed by atoms with E-state index < -0.39 is 17.6 Å². The van der Waals surface area contributed by atoms with E-state index in [1.54, 1.807) is 6.92 Å². The van der Waals surface area contributed by atoms with Gasteiger partial charge in [-0.25, -0.2) is 4.39 Å². The molecule has 0 amide bonds. The fraction of sp³-hybridized carbons (Fsp3) is 0.364.